The van der Waals surface area contributed by atoms with Crippen LogP contribution in [0.15, 0.2) is 53.6 Å². The highest BCUT2D eigenvalue weighted by atomic mass is 32.2. The van der Waals surface area contributed by atoms with E-state index in [9.17, 15) is 18.3 Å². The van der Waals surface area contributed by atoms with Crippen LogP contribution in [0.1, 0.15) is 54.1 Å². The molecular weight excluding hydrogens is 440 g/mol. The molecule has 1 N–H and O–H groups in total. The van der Waals surface area contributed by atoms with Gasteiger partial charge in [-0.1, -0.05) is 62.7 Å². The number of imidazole rings is 1. The second-order valence-electron chi connectivity index (χ2n) is 7.77. The maximum absolute atomic E-state index is 12.8. The largest absolute Gasteiger partial charge is 0.465 e. The third-order valence-corrected chi connectivity index (χ3v) is 7.39. The van der Waals surface area contributed by atoms with E-state index in [1.54, 1.807) is 23.6 Å². The zero-order valence-corrected chi connectivity index (χ0v) is 20.1. The topological polar surface area (TPSA) is 98.5 Å². The number of hydrogen-bond donors (Lipinski definition) is 1. The van der Waals surface area contributed by atoms with Gasteiger partial charge in [-0.25, -0.2) is 18.2 Å². The Morgan fingerprint density at radius 3 is 2.39 bits per heavy atom. The molecule has 0 aliphatic rings. The fourth-order valence-electron chi connectivity index (χ4n) is 3.81. The Morgan fingerprint density at radius 2 is 1.79 bits per heavy atom. The molecule has 0 bridgehead atoms. The zero-order chi connectivity index (χ0) is 24.0. The van der Waals surface area contributed by atoms with Crippen LogP contribution in [0.4, 0.5) is 0 Å². The van der Waals surface area contributed by atoms with Gasteiger partial charge in [0.2, 0.25) is 0 Å². The number of esters is 1. The summed E-state index contributed by atoms with van der Waals surface area (Å²) < 4.78 is 32.3. The molecule has 0 atom stereocenters. The van der Waals surface area contributed by atoms with Crippen molar-refractivity contribution in [2.45, 2.75) is 51.3 Å². The van der Waals surface area contributed by atoms with Gasteiger partial charge in [0, 0.05) is 13.0 Å². The van der Waals surface area contributed by atoms with Gasteiger partial charge in [0.15, 0.2) is 14.9 Å². The second kappa shape index (κ2) is 10.8. The highest BCUT2D eigenvalue weighted by molar-refractivity contribution is 7.91. The van der Waals surface area contributed by atoms with Crippen molar-refractivity contribution < 1.29 is 23.1 Å². The number of carbonyl (C=O) groups is 1. The normalized spacial score (nSPS) is 11.5. The van der Waals surface area contributed by atoms with Crippen molar-refractivity contribution >= 4 is 15.8 Å². The number of rotatable bonds is 10. The first-order valence-corrected chi connectivity index (χ1v) is 12.7. The van der Waals surface area contributed by atoms with Crippen molar-refractivity contribution in [2.24, 2.45) is 0 Å². The Morgan fingerprint density at radius 1 is 1.09 bits per heavy atom. The Balaban J connectivity index is 2.01. The van der Waals surface area contributed by atoms with Gasteiger partial charge in [-0.3, -0.25) is 0 Å². The molecule has 1 heterocycles. The standard InChI is InChI=1S/C25H30N2O5S/c1-4-6-11-23-26-22(17-28)24(33(30,31)5-2)27(23)16-18-12-14-19(15-13-18)20-9-7-8-10-21(20)25(29)32-3/h7-10,12-15,28H,4-6,11,16-17H2,1-3H3. The summed E-state index contributed by atoms with van der Waals surface area (Å²) in [5.41, 5.74) is 3.19. The molecule has 2 aromatic carbocycles. The van der Waals surface area contributed by atoms with Crippen molar-refractivity contribution in [3.63, 3.8) is 0 Å². The number of carbonyl (C=O) groups excluding carboxylic acids is 1. The van der Waals surface area contributed by atoms with E-state index in [2.05, 4.69) is 11.9 Å². The van der Waals surface area contributed by atoms with E-state index < -0.39 is 22.4 Å². The number of nitrogens with zero attached hydrogens (tertiary/aromatic N) is 2. The number of ether oxygens (including phenoxy) is 1. The summed E-state index contributed by atoms with van der Waals surface area (Å²) in [7, 11) is -2.22. The summed E-state index contributed by atoms with van der Waals surface area (Å²) in [6.45, 7) is 3.55. The van der Waals surface area contributed by atoms with Crippen LogP contribution in [0.5, 0.6) is 0 Å². The van der Waals surface area contributed by atoms with E-state index >= 15 is 0 Å². The van der Waals surface area contributed by atoms with Gasteiger partial charge in [-0.15, -0.1) is 0 Å². The molecule has 176 valence electrons. The molecule has 0 aliphatic heterocycles. The van der Waals surface area contributed by atoms with Gasteiger partial charge in [0.25, 0.3) is 0 Å². The summed E-state index contributed by atoms with van der Waals surface area (Å²) >= 11 is 0. The smallest absolute Gasteiger partial charge is 0.338 e. The number of aliphatic hydroxyl groups excluding tert-OH is 1. The van der Waals surface area contributed by atoms with Gasteiger partial charge >= 0.3 is 5.97 Å². The highest BCUT2D eigenvalue weighted by Gasteiger charge is 2.26. The van der Waals surface area contributed by atoms with E-state index in [0.717, 1.165) is 29.5 Å². The SMILES string of the molecule is CCCCc1nc(CO)c(S(=O)(=O)CC)n1Cc1ccc(-c2ccccc2C(=O)OC)cc1. The van der Waals surface area contributed by atoms with E-state index in [4.69, 9.17) is 4.74 Å². The van der Waals surface area contributed by atoms with E-state index in [0.29, 0.717) is 24.4 Å². The molecule has 0 saturated carbocycles. The number of aryl methyl sites for hydroxylation is 1. The molecule has 0 aliphatic carbocycles. The van der Waals surface area contributed by atoms with Gasteiger partial charge < -0.3 is 14.4 Å². The van der Waals surface area contributed by atoms with Crippen LogP contribution in [0, 0.1) is 0 Å². The Labute approximate surface area is 195 Å². The summed E-state index contributed by atoms with van der Waals surface area (Å²) in [5.74, 6) is 0.190. The van der Waals surface area contributed by atoms with Crippen molar-refractivity contribution in [3.8, 4) is 11.1 Å². The average Bonchev–Trinajstić information content (AvgIpc) is 3.20. The lowest BCUT2D eigenvalue weighted by Crippen LogP contribution is -2.16. The number of aromatic nitrogens is 2. The predicted octanol–water partition coefficient (Wildman–Crippen LogP) is 4.01. The first-order chi connectivity index (χ1) is 15.9. The van der Waals surface area contributed by atoms with Crippen LogP contribution >= 0.6 is 0 Å². The molecular formula is C25H30N2O5S. The monoisotopic (exact) mass is 470 g/mol. The number of aliphatic hydroxyl groups is 1. The third kappa shape index (κ3) is 5.34. The molecule has 8 heteroatoms. The van der Waals surface area contributed by atoms with Crippen molar-refractivity contribution in [1.29, 1.82) is 0 Å². The summed E-state index contributed by atoms with van der Waals surface area (Å²) in [4.78, 5) is 16.6. The summed E-state index contributed by atoms with van der Waals surface area (Å²) in [6.07, 6.45) is 2.45. The molecule has 0 radical (unpaired) electrons. The molecule has 0 spiro atoms. The van der Waals surface area contributed by atoms with Crippen LogP contribution in [-0.2, 0) is 34.1 Å². The van der Waals surface area contributed by atoms with Crippen LogP contribution in [0.3, 0.4) is 0 Å². The van der Waals surface area contributed by atoms with Crippen LogP contribution in [0.25, 0.3) is 11.1 Å². The lowest BCUT2D eigenvalue weighted by molar-refractivity contribution is 0.0601. The fraction of sp³-hybridized carbons (Fsp3) is 0.360. The maximum atomic E-state index is 12.8. The quantitative estimate of drug-likeness (QED) is 0.450. The van der Waals surface area contributed by atoms with Crippen LogP contribution in [0.2, 0.25) is 0 Å². The minimum absolute atomic E-state index is 0.0673. The molecule has 7 nitrogen and oxygen atoms in total. The molecule has 0 saturated heterocycles. The first-order valence-electron chi connectivity index (χ1n) is 11.0. The van der Waals surface area contributed by atoms with Crippen molar-refractivity contribution in [2.75, 3.05) is 12.9 Å². The van der Waals surface area contributed by atoms with Crippen LogP contribution in [-0.4, -0.2) is 41.9 Å². The van der Waals surface area contributed by atoms with Crippen molar-refractivity contribution in [3.05, 3.63) is 71.2 Å². The zero-order valence-electron chi connectivity index (χ0n) is 19.2. The minimum atomic E-state index is -3.58. The number of methoxy groups -OCH3 is 1. The molecule has 33 heavy (non-hydrogen) atoms. The molecule has 0 amide bonds. The molecule has 3 aromatic rings. The lowest BCUT2D eigenvalue weighted by Gasteiger charge is -2.14. The predicted molar refractivity (Wildman–Crippen MR) is 127 cm³/mol. The molecule has 0 unspecified atom stereocenters. The fourth-order valence-corrected chi connectivity index (χ4v) is 5.06. The van der Waals surface area contributed by atoms with E-state index in [1.165, 1.54) is 7.11 Å². The Bertz CT molecular complexity index is 1210. The number of sulfone groups is 1. The third-order valence-electron chi connectivity index (χ3n) is 5.58. The maximum Gasteiger partial charge on any atom is 0.338 e. The van der Waals surface area contributed by atoms with Crippen LogP contribution < -0.4 is 0 Å². The summed E-state index contributed by atoms with van der Waals surface area (Å²) in [6, 6.07) is 14.9. The second-order valence-corrected chi connectivity index (χ2v) is 9.96. The number of unbranched alkanes of at least 4 members (excludes halogenated alkanes) is 1. The average molecular weight is 471 g/mol. The van der Waals surface area contributed by atoms with E-state index in [1.807, 2.05) is 36.4 Å². The Hall–Kier alpha value is -2.97. The summed E-state index contributed by atoms with van der Waals surface area (Å²) in [5, 5.41) is 9.88. The molecule has 0 fully saturated rings. The van der Waals surface area contributed by atoms with Gasteiger partial charge in [0.05, 0.1) is 25.0 Å². The Kier molecular flexibility index (Phi) is 8.05. The van der Waals surface area contributed by atoms with E-state index in [-0.39, 0.29) is 16.5 Å². The number of hydrogen-bond acceptors (Lipinski definition) is 6. The van der Waals surface area contributed by atoms with Gasteiger partial charge in [0.1, 0.15) is 11.5 Å². The first kappa shape index (κ1) is 24.7. The molecule has 1 aromatic heterocycles. The van der Waals surface area contributed by atoms with Gasteiger partial charge in [-0.2, -0.15) is 0 Å². The van der Waals surface area contributed by atoms with Crippen molar-refractivity contribution in [1.82, 2.24) is 9.55 Å². The minimum Gasteiger partial charge on any atom is -0.465 e. The van der Waals surface area contributed by atoms with Gasteiger partial charge in [-0.05, 0) is 29.2 Å². The number of benzene rings is 2. The highest BCUT2D eigenvalue weighted by Crippen LogP contribution is 2.27. The lowest BCUT2D eigenvalue weighted by atomic mass is 9.98. The molecule has 3 rings (SSSR count).